The normalized spacial score (nSPS) is 15.8. The number of ether oxygens (including phenoxy) is 1. The molecule has 0 fully saturated rings. The number of amides is 3. The van der Waals surface area contributed by atoms with Crippen LogP contribution < -0.4 is 5.32 Å². The second-order valence-corrected chi connectivity index (χ2v) is 17.1. The van der Waals surface area contributed by atoms with E-state index in [-0.39, 0.29) is 28.7 Å². The molecule has 9 nitrogen and oxygen atoms in total. The summed E-state index contributed by atoms with van der Waals surface area (Å²) in [5, 5.41) is 2.84. The van der Waals surface area contributed by atoms with Crippen LogP contribution in [0.2, 0.25) is 18.1 Å². The van der Waals surface area contributed by atoms with Crippen molar-refractivity contribution in [3.05, 3.63) is 95.1 Å². The molecule has 1 aliphatic heterocycles. The van der Waals surface area contributed by atoms with E-state index in [0.29, 0.717) is 5.06 Å². The van der Waals surface area contributed by atoms with Crippen molar-refractivity contribution >= 4 is 32.2 Å². The Morgan fingerprint density at radius 1 is 0.837 bits per heavy atom. The molecule has 1 aliphatic carbocycles. The van der Waals surface area contributed by atoms with Crippen molar-refractivity contribution in [3.8, 4) is 11.1 Å². The minimum absolute atomic E-state index is 0.0392. The van der Waals surface area contributed by atoms with E-state index in [1.54, 1.807) is 19.1 Å². The SMILES string of the molecule is C[C@@H](O[Si](C)(C)C(C)(C)C)[C@H](NC(=O)OCC1c2ccccc2-c2ccccc21)C(=O)ON1C(=O)c2ccccc2C1=O. The fraction of sp³-hybridized carbons (Fsp3) is 0.333. The monoisotopic (exact) mass is 600 g/mol. The fourth-order valence-electron chi connectivity index (χ4n) is 5.24. The summed E-state index contributed by atoms with van der Waals surface area (Å²) in [5.41, 5.74) is 4.54. The average Bonchev–Trinajstić information content (AvgIpc) is 3.41. The Morgan fingerprint density at radius 3 is 1.79 bits per heavy atom. The highest BCUT2D eigenvalue weighted by molar-refractivity contribution is 6.74. The van der Waals surface area contributed by atoms with Gasteiger partial charge in [0.1, 0.15) is 6.61 Å². The molecule has 43 heavy (non-hydrogen) atoms. The molecule has 3 aromatic rings. The van der Waals surface area contributed by atoms with Crippen LogP contribution in [0.15, 0.2) is 72.8 Å². The predicted octanol–water partition coefficient (Wildman–Crippen LogP) is 6.06. The minimum atomic E-state index is -2.42. The summed E-state index contributed by atoms with van der Waals surface area (Å²) in [6.45, 7) is 11.9. The van der Waals surface area contributed by atoms with E-state index in [9.17, 15) is 19.2 Å². The second kappa shape index (κ2) is 11.4. The van der Waals surface area contributed by atoms with Gasteiger partial charge in [0, 0.05) is 5.92 Å². The summed E-state index contributed by atoms with van der Waals surface area (Å²) in [7, 11) is -2.42. The molecule has 0 saturated heterocycles. The van der Waals surface area contributed by atoms with Crippen LogP contribution in [0.5, 0.6) is 0 Å². The first kappa shape index (κ1) is 30.2. The summed E-state index contributed by atoms with van der Waals surface area (Å²) in [6.07, 6.45) is -1.71. The molecular formula is C33H36N2O7Si. The first-order valence-electron chi connectivity index (χ1n) is 14.3. The maximum absolute atomic E-state index is 13.5. The van der Waals surface area contributed by atoms with Gasteiger partial charge in [-0.2, -0.15) is 0 Å². The van der Waals surface area contributed by atoms with Crippen molar-refractivity contribution in [2.75, 3.05) is 6.61 Å². The third-order valence-corrected chi connectivity index (χ3v) is 13.1. The first-order valence-corrected chi connectivity index (χ1v) is 17.2. The molecule has 3 aromatic carbocycles. The Morgan fingerprint density at radius 2 is 1.30 bits per heavy atom. The van der Waals surface area contributed by atoms with Gasteiger partial charge in [0.05, 0.1) is 17.2 Å². The zero-order chi connectivity index (χ0) is 31.1. The van der Waals surface area contributed by atoms with Gasteiger partial charge >= 0.3 is 12.1 Å². The van der Waals surface area contributed by atoms with Crippen LogP contribution in [-0.2, 0) is 18.8 Å². The molecule has 1 N–H and O–H groups in total. The Labute approximate surface area is 252 Å². The number of hydrogen-bond donors (Lipinski definition) is 1. The number of carbonyl (C=O) groups excluding carboxylic acids is 4. The highest BCUT2D eigenvalue weighted by Gasteiger charge is 2.44. The van der Waals surface area contributed by atoms with E-state index in [1.165, 1.54) is 12.1 Å². The number of benzene rings is 3. The van der Waals surface area contributed by atoms with Crippen LogP contribution in [0.25, 0.3) is 11.1 Å². The lowest BCUT2D eigenvalue weighted by Gasteiger charge is -2.39. The number of carbonyl (C=O) groups is 4. The number of hydrogen-bond acceptors (Lipinski definition) is 7. The van der Waals surface area contributed by atoms with Crippen LogP contribution in [0.3, 0.4) is 0 Å². The molecule has 0 aromatic heterocycles. The smallest absolute Gasteiger partial charge is 0.407 e. The van der Waals surface area contributed by atoms with E-state index in [4.69, 9.17) is 14.0 Å². The van der Waals surface area contributed by atoms with Crippen LogP contribution in [-0.4, -0.2) is 56.0 Å². The summed E-state index contributed by atoms with van der Waals surface area (Å²) in [4.78, 5) is 57.8. The maximum atomic E-state index is 13.5. The van der Waals surface area contributed by atoms with Crippen LogP contribution in [0.1, 0.15) is 65.5 Å². The number of fused-ring (bicyclic) bond motifs is 4. The highest BCUT2D eigenvalue weighted by Crippen LogP contribution is 2.44. The number of imide groups is 1. The zero-order valence-corrected chi connectivity index (χ0v) is 26.2. The van der Waals surface area contributed by atoms with Crippen LogP contribution in [0.4, 0.5) is 4.79 Å². The van der Waals surface area contributed by atoms with Gasteiger partial charge in [0.2, 0.25) is 0 Å². The van der Waals surface area contributed by atoms with Crippen LogP contribution in [0, 0.1) is 0 Å². The predicted molar refractivity (Wildman–Crippen MR) is 163 cm³/mol. The van der Waals surface area contributed by atoms with Crippen molar-refractivity contribution in [1.29, 1.82) is 0 Å². The Hall–Kier alpha value is -4.28. The molecular weight excluding hydrogens is 564 g/mol. The molecule has 0 bridgehead atoms. The van der Waals surface area contributed by atoms with Gasteiger partial charge in [0.25, 0.3) is 11.8 Å². The van der Waals surface area contributed by atoms with Crippen molar-refractivity contribution in [2.45, 2.75) is 63.9 Å². The van der Waals surface area contributed by atoms with Gasteiger partial charge in [0.15, 0.2) is 14.4 Å². The van der Waals surface area contributed by atoms with E-state index in [1.807, 2.05) is 61.6 Å². The maximum Gasteiger partial charge on any atom is 0.407 e. The Kier molecular flexibility index (Phi) is 8.02. The molecule has 2 atom stereocenters. The van der Waals surface area contributed by atoms with Crippen molar-refractivity contribution < 1.29 is 33.2 Å². The summed E-state index contributed by atoms with van der Waals surface area (Å²) in [6, 6.07) is 20.8. The van der Waals surface area contributed by atoms with Crippen molar-refractivity contribution in [3.63, 3.8) is 0 Å². The lowest BCUT2D eigenvalue weighted by molar-refractivity contribution is -0.173. The molecule has 1 heterocycles. The number of nitrogens with one attached hydrogen (secondary N) is 1. The quantitative estimate of drug-likeness (QED) is 0.247. The molecule has 5 rings (SSSR count). The third kappa shape index (κ3) is 5.72. The van der Waals surface area contributed by atoms with Crippen molar-refractivity contribution in [2.24, 2.45) is 0 Å². The summed E-state index contributed by atoms with van der Waals surface area (Å²) in [5.74, 6) is -2.71. The van der Waals surface area contributed by atoms with Gasteiger partial charge in [-0.1, -0.05) is 86.5 Å². The molecule has 2 aliphatic rings. The van der Waals surface area contributed by atoms with E-state index >= 15 is 0 Å². The molecule has 224 valence electrons. The molecule has 0 saturated carbocycles. The molecule has 3 amide bonds. The summed E-state index contributed by atoms with van der Waals surface area (Å²) >= 11 is 0. The average molecular weight is 601 g/mol. The van der Waals surface area contributed by atoms with Gasteiger partial charge in [-0.05, 0) is 59.4 Å². The largest absolute Gasteiger partial charge is 0.449 e. The molecule has 0 unspecified atom stereocenters. The van der Waals surface area contributed by atoms with E-state index in [0.717, 1.165) is 22.3 Å². The molecule has 10 heteroatoms. The standard InChI is InChI=1S/C33H36N2O7Si/c1-20(42-43(5,6)33(2,3)4)28(31(38)41-35-29(36)25-17-11-12-18-26(25)30(35)37)34-32(39)40-19-27-23-15-9-7-13-21(23)22-14-8-10-16-24(22)27/h7-18,20,27-28H,19H2,1-6H3,(H,34,39)/t20-,28+/m1/s1. The van der Waals surface area contributed by atoms with E-state index in [2.05, 4.69) is 26.1 Å². The number of rotatable bonds is 8. The Balaban J connectivity index is 1.33. The number of hydroxylamine groups is 2. The van der Waals surface area contributed by atoms with Crippen LogP contribution >= 0.6 is 0 Å². The lowest BCUT2D eigenvalue weighted by atomic mass is 9.98. The molecule has 0 radical (unpaired) electrons. The van der Waals surface area contributed by atoms with Gasteiger partial charge < -0.3 is 19.3 Å². The number of nitrogens with zero attached hydrogens (tertiary/aromatic N) is 1. The zero-order valence-electron chi connectivity index (χ0n) is 25.2. The lowest BCUT2D eigenvalue weighted by Crippen LogP contribution is -2.55. The fourth-order valence-corrected chi connectivity index (χ4v) is 6.66. The summed E-state index contributed by atoms with van der Waals surface area (Å²) < 4.78 is 12.1. The topological polar surface area (TPSA) is 111 Å². The Bertz CT molecular complexity index is 1520. The second-order valence-electron chi connectivity index (χ2n) is 12.4. The third-order valence-electron chi connectivity index (χ3n) is 8.57. The molecule has 0 spiro atoms. The van der Waals surface area contributed by atoms with Crippen molar-refractivity contribution in [1.82, 2.24) is 10.4 Å². The minimum Gasteiger partial charge on any atom is -0.449 e. The van der Waals surface area contributed by atoms with Gasteiger partial charge in [-0.3, -0.25) is 9.59 Å². The number of alkyl carbamates (subject to hydrolysis) is 1. The van der Waals surface area contributed by atoms with Gasteiger partial charge in [-0.15, -0.1) is 0 Å². The van der Waals surface area contributed by atoms with Gasteiger partial charge in [-0.25, -0.2) is 9.59 Å². The highest BCUT2D eigenvalue weighted by atomic mass is 28.4. The van der Waals surface area contributed by atoms with E-state index < -0.39 is 44.3 Å². The first-order chi connectivity index (χ1) is 20.3.